The zero-order valence-corrected chi connectivity index (χ0v) is 49.8. The quantitative estimate of drug-likeness (QED) is 0.0261. The van der Waals surface area contributed by atoms with Crippen LogP contribution in [0, 0.1) is 0 Å². The Balaban J connectivity index is 4.58. The molecule has 0 saturated heterocycles. The molecule has 1 atom stereocenters. The number of esters is 3. The SMILES string of the molecule is CC/C=C\C/C=C\C/C=C\C/C=C\C/C=C\C/C=C\CCCCCCCCCCC(=O)OCC(COC(=O)C/C=C\C/C=C\C/C=C\C/C=C\C/C=C\CC)OC(=O)CC/C=C\C/C=C\C/C=C\C/C=C\C/C=C\C/C=C\CC. The van der Waals surface area contributed by atoms with Gasteiger partial charge in [0, 0.05) is 12.8 Å². The van der Waals surface area contributed by atoms with Crippen molar-refractivity contribution in [3.63, 3.8) is 0 Å². The maximum Gasteiger partial charge on any atom is 0.309 e. The molecule has 0 aliphatic heterocycles. The minimum absolute atomic E-state index is 0.0982. The molecule has 0 radical (unpaired) electrons. The molecule has 1 unspecified atom stereocenters. The first-order chi connectivity index (χ1) is 39.0. The third-order valence-electron chi connectivity index (χ3n) is 11.8. The predicted molar refractivity (Wildman–Crippen MR) is 343 cm³/mol. The van der Waals surface area contributed by atoms with Crippen molar-refractivity contribution in [1.29, 1.82) is 0 Å². The van der Waals surface area contributed by atoms with Crippen LogP contribution >= 0.6 is 0 Å². The van der Waals surface area contributed by atoms with Crippen molar-refractivity contribution in [1.82, 2.24) is 0 Å². The molecule has 6 heteroatoms. The number of rotatable bonds is 52. The molecule has 0 aromatic rings. The highest BCUT2D eigenvalue weighted by molar-refractivity contribution is 5.72. The molecule has 0 fully saturated rings. The molecule has 0 heterocycles. The second-order valence-corrected chi connectivity index (χ2v) is 19.1. The fourth-order valence-electron chi connectivity index (χ4n) is 7.37. The number of allylic oxidation sites excluding steroid dienone is 33. The summed E-state index contributed by atoms with van der Waals surface area (Å²) in [5.41, 5.74) is 0. The number of hydrogen-bond acceptors (Lipinski definition) is 6. The number of carbonyl (C=O) groups is 3. The second-order valence-electron chi connectivity index (χ2n) is 19.1. The standard InChI is InChI=1S/C73H108O6/c1-4-7-10-13-16-19-22-25-28-30-32-33-34-35-36-37-38-39-41-42-45-48-51-54-57-60-63-66-72(75)78-69-70(68-77-71(74)65-62-59-56-53-50-47-44-27-24-21-18-15-12-9-6-3)79-73(76)67-64-61-58-55-52-49-46-43-40-31-29-26-23-20-17-14-11-8-5-2/h7-12,16-21,25-29,32-33,35-36,38-40,43-44,49-50,52-53,58-59,61-62,70H,4-6,13-15,22-24,30-31,34,37,41-42,45-48,51,54-57,60,63-69H2,1-3H3/b10-7-,11-8-,12-9-,19-16-,20-17-,21-18-,28-25-,29-26-,33-32-,36-35-,39-38-,43-40-,44-27-,52-49-,53-50-,61-58-,62-59-. The summed E-state index contributed by atoms with van der Waals surface area (Å²) in [4.78, 5) is 38.2. The highest BCUT2D eigenvalue weighted by atomic mass is 16.6. The van der Waals surface area contributed by atoms with E-state index >= 15 is 0 Å². The molecule has 0 rings (SSSR count). The Morgan fingerprint density at radius 1 is 0.266 bits per heavy atom. The van der Waals surface area contributed by atoms with Gasteiger partial charge in [0.2, 0.25) is 0 Å². The molecule has 0 amide bonds. The summed E-state index contributed by atoms with van der Waals surface area (Å²) >= 11 is 0. The molecule has 0 saturated carbocycles. The zero-order valence-electron chi connectivity index (χ0n) is 49.8. The van der Waals surface area contributed by atoms with Crippen LogP contribution in [0.15, 0.2) is 207 Å². The average Bonchev–Trinajstić information content (AvgIpc) is 3.45. The van der Waals surface area contributed by atoms with Gasteiger partial charge >= 0.3 is 17.9 Å². The molecule has 0 aliphatic rings. The summed E-state index contributed by atoms with van der Waals surface area (Å²) < 4.78 is 16.7. The maximum atomic E-state index is 12.9. The summed E-state index contributed by atoms with van der Waals surface area (Å²) in [5, 5.41) is 0. The predicted octanol–water partition coefficient (Wildman–Crippen LogP) is 21.2. The topological polar surface area (TPSA) is 78.9 Å². The Morgan fingerprint density at radius 3 is 0.873 bits per heavy atom. The minimum atomic E-state index is -0.876. The minimum Gasteiger partial charge on any atom is -0.462 e. The molecule has 6 nitrogen and oxygen atoms in total. The average molecular weight is 1080 g/mol. The smallest absolute Gasteiger partial charge is 0.309 e. The normalized spacial score (nSPS) is 13.6. The lowest BCUT2D eigenvalue weighted by atomic mass is 10.1. The fraction of sp³-hybridized carbons (Fsp3) is 0.493. The van der Waals surface area contributed by atoms with Crippen LogP contribution in [0.2, 0.25) is 0 Å². The van der Waals surface area contributed by atoms with E-state index in [2.05, 4.69) is 203 Å². The first-order valence-electron chi connectivity index (χ1n) is 30.6. The molecule has 0 N–H and O–H groups in total. The third kappa shape index (κ3) is 62.7. The number of ether oxygens (including phenoxy) is 3. The van der Waals surface area contributed by atoms with Gasteiger partial charge < -0.3 is 14.2 Å². The first kappa shape index (κ1) is 73.0. The Kier molecular flexibility index (Phi) is 59.6. The second kappa shape index (κ2) is 64.5. The molecule has 79 heavy (non-hydrogen) atoms. The van der Waals surface area contributed by atoms with Crippen molar-refractivity contribution in [3.8, 4) is 0 Å². The lowest BCUT2D eigenvalue weighted by Gasteiger charge is -2.18. The summed E-state index contributed by atoms with van der Waals surface area (Å²) in [5.74, 6) is -1.20. The van der Waals surface area contributed by atoms with E-state index < -0.39 is 18.0 Å². The van der Waals surface area contributed by atoms with Crippen LogP contribution < -0.4 is 0 Å². The van der Waals surface area contributed by atoms with Gasteiger partial charge in [0.05, 0.1) is 6.42 Å². The maximum absolute atomic E-state index is 12.9. The van der Waals surface area contributed by atoms with Gasteiger partial charge in [-0.25, -0.2) is 0 Å². The van der Waals surface area contributed by atoms with E-state index in [9.17, 15) is 14.4 Å². The molecule has 436 valence electrons. The van der Waals surface area contributed by atoms with Gasteiger partial charge in [0.25, 0.3) is 0 Å². The van der Waals surface area contributed by atoms with Crippen molar-refractivity contribution in [2.75, 3.05) is 13.2 Å². The van der Waals surface area contributed by atoms with Crippen LogP contribution in [0.5, 0.6) is 0 Å². The first-order valence-corrected chi connectivity index (χ1v) is 30.6. The van der Waals surface area contributed by atoms with Gasteiger partial charge in [0.1, 0.15) is 13.2 Å². The van der Waals surface area contributed by atoms with Gasteiger partial charge in [-0.3, -0.25) is 14.4 Å². The summed E-state index contributed by atoms with van der Waals surface area (Å²) in [6, 6.07) is 0. The van der Waals surface area contributed by atoms with Gasteiger partial charge in [-0.15, -0.1) is 0 Å². The molecular formula is C73H108O6. The number of unbranched alkanes of at least 4 members (excludes halogenated alkanes) is 8. The highest BCUT2D eigenvalue weighted by Gasteiger charge is 2.19. The Labute approximate surface area is 483 Å². The van der Waals surface area contributed by atoms with Crippen molar-refractivity contribution in [3.05, 3.63) is 207 Å². The summed E-state index contributed by atoms with van der Waals surface area (Å²) in [7, 11) is 0. The molecular weight excluding hydrogens is 973 g/mol. The van der Waals surface area contributed by atoms with Crippen molar-refractivity contribution >= 4 is 17.9 Å². The Bertz CT molecular complexity index is 1960. The largest absolute Gasteiger partial charge is 0.462 e. The van der Waals surface area contributed by atoms with E-state index in [-0.39, 0.29) is 32.0 Å². The van der Waals surface area contributed by atoms with E-state index in [1.807, 2.05) is 18.2 Å². The summed E-state index contributed by atoms with van der Waals surface area (Å²) in [6.07, 6.45) is 100. The van der Waals surface area contributed by atoms with E-state index in [0.29, 0.717) is 19.3 Å². The van der Waals surface area contributed by atoms with Crippen LogP contribution in [0.4, 0.5) is 0 Å². The number of hydrogen-bond donors (Lipinski definition) is 0. The lowest BCUT2D eigenvalue weighted by molar-refractivity contribution is -0.166. The van der Waals surface area contributed by atoms with Crippen LogP contribution in [0.25, 0.3) is 0 Å². The van der Waals surface area contributed by atoms with Gasteiger partial charge in [-0.05, 0) is 135 Å². The molecule has 0 bridgehead atoms. The van der Waals surface area contributed by atoms with Crippen molar-refractivity contribution in [2.24, 2.45) is 0 Å². The molecule has 0 aromatic heterocycles. The monoisotopic (exact) mass is 1080 g/mol. The molecule has 0 aliphatic carbocycles. The molecule has 0 spiro atoms. The van der Waals surface area contributed by atoms with Crippen LogP contribution in [-0.4, -0.2) is 37.2 Å². The highest BCUT2D eigenvalue weighted by Crippen LogP contribution is 2.12. The van der Waals surface area contributed by atoms with E-state index in [1.54, 1.807) is 6.08 Å². The van der Waals surface area contributed by atoms with Crippen LogP contribution in [0.1, 0.15) is 213 Å². The van der Waals surface area contributed by atoms with Crippen molar-refractivity contribution in [2.45, 2.75) is 219 Å². The fourth-order valence-corrected chi connectivity index (χ4v) is 7.37. The van der Waals surface area contributed by atoms with E-state index in [4.69, 9.17) is 14.2 Å². The summed E-state index contributed by atoms with van der Waals surface area (Å²) in [6.45, 7) is 6.11. The van der Waals surface area contributed by atoms with E-state index in [0.717, 1.165) is 135 Å². The van der Waals surface area contributed by atoms with Gasteiger partial charge in [-0.1, -0.05) is 266 Å². The van der Waals surface area contributed by atoms with Crippen molar-refractivity contribution < 1.29 is 28.6 Å². The van der Waals surface area contributed by atoms with Crippen LogP contribution in [-0.2, 0) is 28.6 Å². The van der Waals surface area contributed by atoms with E-state index in [1.165, 1.54) is 25.7 Å². The van der Waals surface area contributed by atoms with Gasteiger partial charge in [0.15, 0.2) is 6.10 Å². The van der Waals surface area contributed by atoms with Gasteiger partial charge in [-0.2, -0.15) is 0 Å². The number of carbonyl (C=O) groups excluding carboxylic acids is 3. The Morgan fingerprint density at radius 2 is 0.532 bits per heavy atom. The Hall–Kier alpha value is -6.01. The zero-order chi connectivity index (χ0) is 57.1. The third-order valence-corrected chi connectivity index (χ3v) is 11.8. The lowest BCUT2D eigenvalue weighted by Crippen LogP contribution is -2.30. The van der Waals surface area contributed by atoms with Crippen LogP contribution in [0.3, 0.4) is 0 Å². The molecule has 0 aromatic carbocycles.